The monoisotopic (exact) mass is 990 g/mol. The summed E-state index contributed by atoms with van der Waals surface area (Å²) in [6.07, 6.45) is -14.6. The highest BCUT2D eigenvalue weighted by Crippen LogP contribution is 2.48. The summed E-state index contributed by atoms with van der Waals surface area (Å²) in [7, 11) is 2.99. The number of esters is 2. The Morgan fingerprint density at radius 2 is 0.985 bits per heavy atom. The quantitative estimate of drug-likeness (QED) is 0.0949. The first-order valence-electron chi connectivity index (χ1n) is 20.8. The van der Waals surface area contributed by atoms with E-state index in [1.54, 1.807) is 38.1 Å². The minimum Gasteiger partial charge on any atom is -0.496 e. The average molecular weight is 992 g/mol. The number of nitrogens with zero attached hydrogens (tertiary/aromatic N) is 6. The summed E-state index contributed by atoms with van der Waals surface area (Å²) >= 11 is 12.5. The van der Waals surface area contributed by atoms with Crippen LogP contribution in [0, 0.1) is 13.8 Å². The van der Waals surface area contributed by atoms with Crippen LogP contribution in [-0.2, 0) is 40.9 Å². The zero-order chi connectivity index (χ0) is 49.2. The minimum absolute atomic E-state index is 0.108. The summed E-state index contributed by atoms with van der Waals surface area (Å²) in [5, 5.41) is 14.9. The van der Waals surface area contributed by atoms with Gasteiger partial charge in [0.05, 0.1) is 51.6 Å². The van der Waals surface area contributed by atoms with E-state index in [9.17, 15) is 35.9 Å². The van der Waals surface area contributed by atoms with Crippen molar-refractivity contribution in [1.82, 2.24) is 29.5 Å². The Hall–Kier alpha value is -6.22. The van der Waals surface area contributed by atoms with E-state index in [-0.39, 0.29) is 49.1 Å². The van der Waals surface area contributed by atoms with Crippen molar-refractivity contribution in [3.63, 3.8) is 0 Å². The van der Waals surface area contributed by atoms with Gasteiger partial charge in [0.25, 0.3) is 0 Å². The van der Waals surface area contributed by atoms with Gasteiger partial charge in [-0.3, -0.25) is 18.7 Å². The van der Waals surface area contributed by atoms with Crippen LogP contribution in [0.1, 0.15) is 108 Å². The van der Waals surface area contributed by atoms with E-state index < -0.39 is 60.4 Å². The summed E-state index contributed by atoms with van der Waals surface area (Å²) < 4.78 is 119. The van der Waals surface area contributed by atoms with Gasteiger partial charge in [0, 0.05) is 32.3 Å². The van der Waals surface area contributed by atoms with Crippen molar-refractivity contribution in [2.45, 2.75) is 77.3 Å². The standard InChI is InChI=1S/2C23H21ClF3N3O4/c2*1-4-33-18(31)11-17-21-28-29-22(23(25,26)27)30(21)16-9-8-13(24)10-15(16)20(34-17)14-7-5-6-12(2)19(14)32-3/h2*5-10,17,20H,4,11H2,1-3H3/t2*17-,20-/m10/s1. The Kier molecular flexibility index (Phi) is 14.7. The lowest BCUT2D eigenvalue weighted by Gasteiger charge is -2.24. The predicted octanol–water partition coefficient (Wildman–Crippen LogP) is 10.7. The van der Waals surface area contributed by atoms with E-state index in [1.165, 1.54) is 50.6 Å². The van der Waals surface area contributed by atoms with Gasteiger partial charge >= 0.3 is 24.3 Å². The van der Waals surface area contributed by atoms with Crippen molar-refractivity contribution in [2.75, 3.05) is 27.4 Å². The van der Waals surface area contributed by atoms with Crippen LogP contribution in [0.5, 0.6) is 11.5 Å². The van der Waals surface area contributed by atoms with Crippen LogP contribution in [0.4, 0.5) is 26.3 Å². The lowest BCUT2D eigenvalue weighted by Crippen LogP contribution is -2.18. The van der Waals surface area contributed by atoms with Gasteiger partial charge in [0.2, 0.25) is 11.6 Å². The number of rotatable bonds is 10. The second-order valence-electron chi connectivity index (χ2n) is 15.3. The molecule has 4 atom stereocenters. The molecule has 2 aliphatic rings. The number of fused-ring (bicyclic) bond motifs is 6. The Morgan fingerprint density at radius 1 is 0.603 bits per heavy atom. The second-order valence-corrected chi connectivity index (χ2v) is 16.1. The number of aryl methyl sites for hydroxylation is 2. The number of ether oxygens (including phenoxy) is 6. The molecule has 2 aromatic heterocycles. The van der Waals surface area contributed by atoms with Crippen molar-refractivity contribution in [3.05, 3.63) is 140 Å². The highest BCUT2D eigenvalue weighted by Gasteiger charge is 2.46. The molecule has 22 heteroatoms. The van der Waals surface area contributed by atoms with Crippen LogP contribution < -0.4 is 9.47 Å². The Morgan fingerprint density at radius 3 is 1.32 bits per heavy atom. The van der Waals surface area contributed by atoms with Crippen LogP contribution >= 0.6 is 23.2 Å². The number of benzene rings is 4. The average Bonchev–Trinajstić information content (AvgIpc) is 3.88. The molecule has 2 aliphatic heterocycles. The van der Waals surface area contributed by atoms with Gasteiger partial charge < -0.3 is 28.4 Å². The molecule has 8 rings (SSSR count). The largest absolute Gasteiger partial charge is 0.496 e. The Labute approximate surface area is 395 Å². The molecule has 4 aromatic carbocycles. The molecule has 4 heterocycles. The Bertz CT molecular complexity index is 2650. The van der Waals surface area contributed by atoms with E-state index in [0.717, 1.165) is 20.3 Å². The summed E-state index contributed by atoms with van der Waals surface area (Å²) in [5.74, 6) is -3.09. The molecule has 360 valence electrons. The predicted molar refractivity (Wildman–Crippen MR) is 232 cm³/mol. The van der Waals surface area contributed by atoms with Crippen LogP contribution in [0.3, 0.4) is 0 Å². The highest BCUT2D eigenvalue weighted by molar-refractivity contribution is 6.31. The molecular weight excluding hydrogens is 949 g/mol. The molecule has 0 fully saturated rings. The number of carbonyl (C=O) groups is 2. The number of methoxy groups -OCH3 is 2. The number of hydrogen-bond acceptors (Lipinski definition) is 12. The van der Waals surface area contributed by atoms with Gasteiger partial charge in [0.1, 0.15) is 35.9 Å². The van der Waals surface area contributed by atoms with E-state index in [4.69, 9.17) is 51.6 Å². The highest BCUT2D eigenvalue weighted by atomic mass is 35.5. The molecule has 0 spiro atoms. The summed E-state index contributed by atoms with van der Waals surface area (Å²) in [6, 6.07) is 19.6. The van der Waals surface area contributed by atoms with Crippen molar-refractivity contribution < 1.29 is 64.4 Å². The van der Waals surface area contributed by atoms with E-state index in [1.807, 2.05) is 26.0 Å². The number of carbonyl (C=O) groups excluding carboxylic acids is 2. The lowest BCUT2D eigenvalue weighted by molar-refractivity contribution is -0.149. The van der Waals surface area contributed by atoms with Crippen LogP contribution in [0.25, 0.3) is 11.4 Å². The smallest absolute Gasteiger partial charge is 0.452 e. The SMILES string of the molecule is CCOC(=O)C[C@@H]1O[C@@H](c2cccc(C)c2OC)c2cc(Cl)ccc2-n2c1nnc2C(F)(F)F.CCOC(=O)C[C@H]1O[C@H](c2cccc(C)c2OC)c2cc(Cl)ccc2-n2c1nnc2C(F)(F)F. The van der Waals surface area contributed by atoms with Gasteiger partial charge in [-0.15, -0.1) is 20.4 Å². The summed E-state index contributed by atoms with van der Waals surface area (Å²) in [6.45, 7) is 7.16. The van der Waals surface area contributed by atoms with Gasteiger partial charge in [-0.05, 0) is 75.2 Å². The van der Waals surface area contributed by atoms with Gasteiger partial charge in [-0.25, -0.2) is 0 Å². The van der Waals surface area contributed by atoms with E-state index in [0.29, 0.717) is 43.8 Å². The Balaban J connectivity index is 0.000000201. The van der Waals surface area contributed by atoms with Crippen molar-refractivity contribution >= 4 is 35.1 Å². The molecule has 0 unspecified atom stereocenters. The third-order valence-corrected chi connectivity index (χ3v) is 11.3. The number of alkyl halides is 6. The van der Waals surface area contributed by atoms with E-state index in [2.05, 4.69) is 20.4 Å². The van der Waals surface area contributed by atoms with Crippen molar-refractivity contribution in [3.8, 4) is 22.9 Å². The first kappa shape index (κ1) is 49.7. The molecule has 14 nitrogen and oxygen atoms in total. The molecule has 0 aliphatic carbocycles. The van der Waals surface area contributed by atoms with Crippen LogP contribution in [-0.4, -0.2) is 68.9 Å². The maximum atomic E-state index is 13.9. The minimum atomic E-state index is -4.81. The third-order valence-electron chi connectivity index (χ3n) is 10.9. The zero-order valence-electron chi connectivity index (χ0n) is 37.0. The molecular formula is C46H42Cl2F6N6O8. The molecule has 0 amide bonds. The number of aromatic nitrogens is 6. The topological polar surface area (TPSA) is 151 Å². The molecule has 0 bridgehead atoms. The summed E-state index contributed by atoms with van der Waals surface area (Å²) in [5.41, 5.74) is 3.68. The number of hydrogen-bond donors (Lipinski definition) is 0. The fourth-order valence-corrected chi connectivity index (χ4v) is 8.51. The van der Waals surface area contributed by atoms with Crippen LogP contribution in [0.2, 0.25) is 10.0 Å². The molecule has 68 heavy (non-hydrogen) atoms. The first-order valence-corrected chi connectivity index (χ1v) is 21.6. The van der Waals surface area contributed by atoms with Gasteiger partial charge in [-0.2, -0.15) is 26.3 Å². The van der Waals surface area contributed by atoms with Gasteiger partial charge in [-0.1, -0.05) is 59.6 Å². The van der Waals surface area contributed by atoms with Gasteiger partial charge in [0.15, 0.2) is 11.6 Å². The first-order chi connectivity index (χ1) is 32.3. The maximum absolute atomic E-state index is 13.9. The fourth-order valence-electron chi connectivity index (χ4n) is 8.15. The fraction of sp³-hybridized carbons (Fsp3) is 0.348. The maximum Gasteiger partial charge on any atom is 0.452 e. The third kappa shape index (κ3) is 9.99. The molecule has 0 saturated heterocycles. The second kappa shape index (κ2) is 20.2. The molecule has 0 saturated carbocycles. The molecule has 0 radical (unpaired) electrons. The van der Waals surface area contributed by atoms with E-state index >= 15 is 0 Å². The number of halogens is 8. The molecule has 0 N–H and O–H groups in total. The summed E-state index contributed by atoms with van der Waals surface area (Å²) in [4.78, 5) is 24.7. The lowest BCUT2D eigenvalue weighted by atomic mass is 9.97. The van der Waals surface area contributed by atoms with Crippen molar-refractivity contribution in [2.24, 2.45) is 0 Å². The molecule has 6 aromatic rings. The van der Waals surface area contributed by atoms with Crippen LogP contribution in [0.15, 0.2) is 72.8 Å². The normalized spacial score (nSPS) is 17.5. The zero-order valence-corrected chi connectivity index (χ0v) is 38.6. The van der Waals surface area contributed by atoms with Crippen molar-refractivity contribution in [1.29, 1.82) is 0 Å². The number of para-hydroxylation sites is 2.